The molecule has 11 heteroatoms. The molecular weight excluding hydrogens is 544 g/mol. The summed E-state index contributed by atoms with van der Waals surface area (Å²) in [5, 5.41) is 22.0. The number of benzene rings is 1. The van der Waals surface area contributed by atoms with E-state index in [1.165, 1.54) is 0 Å². The van der Waals surface area contributed by atoms with Crippen LogP contribution in [-0.2, 0) is 14.6 Å². The van der Waals surface area contributed by atoms with Crippen LogP contribution in [0.5, 0.6) is 0 Å². The van der Waals surface area contributed by atoms with E-state index in [1.807, 2.05) is 31.2 Å². The van der Waals surface area contributed by atoms with Crippen molar-refractivity contribution in [2.75, 3.05) is 29.5 Å². The van der Waals surface area contributed by atoms with E-state index in [9.17, 15) is 18.5 Å². The van der Waals surface area contributed by atoms with Gasteiger partial charge in [0.25, 0.3) is 0 Å². The van der Waals surface area contributed by atoms with Gasteiger partial charge in [0, 0.05) is 30.6 Å². The smallest absolute Gasteiger partial charge is 0.225 e. The van der Waals surface area contributed by atoms with Crippen molar-refractivity contribution >= 4 is 32.8 Å². The van der Waals surface area contributed by atoms with Crippen LogP contribution < -0.4 is 10.2 Å². The molecular formula is C29H32N6O3S2. The van der Waals surface area contributed by atoms with Crippen molar-refractivity contribution in [3.8, 4) is 27.2 Å². The third-order valence-electron chi connectivity index (χ3n) is 8.29. The summed E-state index contributed by atoms with van der Waals surface area (Å²) < 4.78 is 23.8. The molecule has 0 radical (unpaired) electrons. The van der Waals surface area contributed by atoms with E-state index >= 15 is 0 Å². The number of carbonyl (C=O) groups is 1. The van der Waals surface area contributed by atoms with Gasteiger partial charge in [-0.1, -0.05) is 25.0 Å². The average molecular weight is 577 g/mol. The Morgan fingerprint density at radius 2 is 1.80 bits per heavy atom. The Morgan fingerprint density at radius 3 is 2.45 bits per heavy atom. The van der Waals surface area contributed by atoms with E-state index in [1.54, 1.807) is 11.3 Å². The topological polar surface area (TPSA) is 129 Å². The maximum Gasteiger partial charge on any atom is 0.225 e. The summed E-state index contributed by atoms with van der Waals surface area (Å²) in [6.07, 6.45) is 5.04. The summed E-state index contributed by atoms with van der Waals surface area (Å²) in [6, 6.07) is 14.3. The van der Waals surface area contributed by atoms with E-state index in [-0.39, 0.29) is 29.2 Å². The monoisotopic (exact) mass is 576 g/mol. The highest BCUT2D eigenvalue weighted by Crippen LogP contribution is 2.46. The van der Waals surface area contributed by atoms with Crippen LogP contribution in [0.1, 0.15) is 55.8 Å². The van der Waals surface area contributed by atoms with Crippen molar-refractivity contribution in [3.63, 3.8) is 0 Å². The van der Waals surface area contributed by atoms with Gasteiger partial charge in [-0.25, -0.2) is 13.4 Å². The Hall–Kier alpha value is -3.36. The van der Waals surface area contributed by atoms with Crippen molar-refractivity contribution < 1.29 is 13.2 Å². The van der Waals surface area contributed by atoms with E-state index < -0.39 is 15.4 Å². The van der Waals surface area contributed by atoms with Gasteiger partial charge in [0.1, 0.15) is 16.2 Å². The molecule has 3 aliphatic rings. The zero-order valence-electron chi connectivity index (χ0n) is 22.5. The zero-order chi connectivity index (χ0) is 27.9. The number of thiazole rings is 1. The molecule has 1 aromatic carbocycles. The largest absolute Gasteiger partial charge is 0.369 e. The number of rotatable bonds is 6. The predicted molar refractivity (Wildman–Crippen MR) is 155 cm³/mol. The van der Waals surface area contributed by atoms with Gasteiger partial charge in [-0.2, -0.15) is 10.4 Å². The first-order valence-electron chi connectivity index (χ1n) is 13.9. The molecule has 40 heavy (non-hydrogen) atoms. The quantitative estimate of drug-likeness (QED) is 0.461. The van der Waals surface area contributed by atoms with Gasteiger partial charge < -0.3 is 10.2 Å². The van der Waals surface area contributed by atoms with Gasteiger partial charge in [-0.3, -0.25) is 4.79 Å². The molecule has 3 heterocycles. The van der Waals surface area contributed by atoms with Crippen LogP contribution in [0.2, 0.25) is 0 Å². The standard InChI is InChI=1S/C29H32N6O3S2/c1-19-6-11-24(34-33-19)28-31-25(22-4-2-3-5-23(22)27(36)32-29(18-30)12-13-29)26(39-28)20-7-9-21(10-8-20)35-14-16-40(37,38)17-15-35/h6-11,22-23H,2-5,12-17H2,1H3,(H,32,36)/t22-,23-/m1/s1. The Balaban J connectivity index is 1.35. The maximum absolute atomic E-state index is 13.5. The van der Waals surface area contributed by atoms with Gasteiger partial charge in [-0.05, 0) is 62.4 Å². The Labute approximate surface area is 238 Å². The minimum Gasteiger partial charge on any atom is -0.369 e. The molecule has 208 valence electrons. The lowest BCUT2D eigenvalue weighted by molar-refractivity contribution is -0.127. The highest BCUT2D eigenvalue weighted by Gasteiger charge is 2.47. The molecule has 2 saturated carbocycles. The highest BCUT2D eigenvalue weighted by atomic mass is 32.2. The lowest BCUT2D eigenvalue weighted by atomic mass is 9.76. The Kier molecular flexibility index (Phi) is 7.09. The first-order valence-corrected chi connectivity index (χ1v) is 16.5. The van der Waals surface area contributed by atoms with Crippen LogP contribution in [-0.4, -0.2) is 59.6 Å². The van der Waals surface area contributed by atoms with Crippen molar-refractivity contribution in [2.45, 2.75) is 56.9 Å². The van der Waals surface area contributed by atoms with Crippen LogP contribution in [0.4, 0.5) is 5.69 Å². The summed E-state index contributed by atoms with van der Waals surface area (Å²) >= 11 is 1.56. The molecule has 0 bridgehead atoms. The van der Waals surface area contributed by atoms with Crippen LogP contribution in [0.25, 0.3) is 21.1 Å². The second-order valence-corrected chi connectivity index (χ2v) is 14.5. The Morgan fingerprint density at radius 1 is 1.07 bits per heavy atom. The molecule has 1 amide bonds. The minimum absolute atomic E-state index is 0.0465. The van der Waals surface area contributed by atoms with Gasteiger partial charge in [-0.15, -0.1) is 16.4 Å². The minimum atomic E-state index is -2.95. The van der Waals surface area contributed by atoms with Gasteiger partial charge in [0.15, 0.2) is 9.84 Å². The molecule has 2 atom stereocenters. The van der Waals surface area contributed by atoms with E-state index in [2.05, 4.69) is 38.6 Å². The maximum atomic E-state index is 13.5. The normalized spacial score (nSPS) is 23.2. The average Bonchev–Trinajstić information content (AvgIpc) is 3.60. The number of sulfone groups is 1. The lowest BCUT2D eigenvalue weighted by Gasteiger charge is -2.31. The van der Waals surface area contributed by atoms with Gasteiger partial charge in [0.2, 0.25) is 5.91 Å². The number of nitrogens with zero attached hydrogens (tertiary/aromatic N) is 5. The Bertz CT molecular complexity index is 1540. The lowest BCUT2D eigenvalue weighted by Crippen LogP contribution is -2.42. The van der Waals surface area contributed by atoms with E-state index in [0.29, 0.717) is 31.6 Å². The fourth-order valence-electron chi connectivity index (χ4n) is 5.70. The molecule has 0 unspecified atom stereocenters. The van der Waals surface area contributed by atoms with Crippen molar-refractivity contribution in [2.24, 2.45) is 5.92 Å². The summed E-state index contributed by atoms with van der Waals surface area (Å²) in [4.78, 5) is 21.7. The molecule has 1 N–H and O–H groups in total. The third-order valence-corrected chi connectivity index (χ3v) is 11.0. The number of hydrogen-bond donors (Lipinski definition) is 1. The molecule has 3 aromatic rings. The number of amides is 1. The number of aromatic nitrogens is 3. The highest BCUT2D eigenvalue weighted by molar-refractivity contribution is 7.91. The third kappa shape index (κ3) is 5.47. The first-order chi connectivity index (χ1) is 19.3. The predicted octanol–water partition coefficient (Wildman–Crippen LogP) is 4.26. The first kappa shape index (κ1) is 26.8. The van der Waals surface area contributed by atoms with E-state index in [0.717, 1.165) is 58.2 Å². The van der Waals surface area contributed by atoms with Gasteiger partial charge >= 0.3 is 0 Å². The van der Waals surface area contributed by atoms with Crippen molar-refractivity contribution in [1.82, 2.24) is 20.5 Å². The fraction of sp³-hybridized carbons (Fsp3) is 0.483. The molecule has 0 spiro atoms. The number of carbonyl (C=O) groups excluding carboxylic acids is 1. The molecule has 3 fully saturated rings. The molecule has 1 saturated heterocycles. The molecule has 9 nitrogen and oxygen atoms in total. The summed E-state index contributed by atoms with van der Waals surface area (Å²) in [7, 11) is -2.95. The summed E-state index contributed by atoms with van der Waals surface area (Å²) in [5.41, 5.74) is 3.74. The number of nitriles is 1. The van der Waals surface area contributed by atoms with Crippen LogP contribution in [0.15, 0.2) is 36.4 Å². The van der Waals surface area contributed by atoms with Crippen LogP contribution >= 0.6 is 11.3 Å². The second kappa shape index (κ2) is 10.6. The molecule has 2 aromatic heterocycles. The molecule has 2 aliphatic carbocycles. The SMILES string of the molecule is Cc1ccc(-c2nc([C@@H]3CCCC[C@H]3C(=O)NC3(C#N)CC3)c(-c3ccc(N4CCS(=O)(=O)CC4)cc3)s2)nn1. The summed E-state index contributed by atoms with van der Waals surface area (Å²) in [6.45, 7) is 2.88. The fourth-order valence-corrected chi connectivity index (χ4v) is 8.00. The van der Waals surface area contributed by atoms with Crippen molar-refractivity contribution in [3.05, 3.63) is 47.8 Å². The van der Waals surface area contributed by atoms with E-state index in [4.69, 9.17) is 4.98 Å². The number of nitrogens with one attached hydrogen (secondary N) is 1. The van der Waals surface area contributed by atoms with Gasteiger partial charge in [0.05, 0.1) is 33.8 Å². The number of hydrogen-bond acceptors (Lipinski definition) is 9. The molecule has 1 aliphatic heterocycles. The van der Waals surface area contributed by atoms with Crippen molar-refractivity contribution in [1.29, 1.82) is 5.26 Å². The molecule has 6 rings (SSSR count). The number of aryl methyl sites for hydroxylation is 1. The zero-order valence-corrected chi connectivity index (χ0v) is 24.1. The van der Waals surface area contributed by atoms with Crippen LogP contribution in [0, 0.1) is 24.2 Å². The number of anilines is 1. The second-order valence-electron chi connectivity index (χ2n) is 11.2. The van der Waals surface area contributed by atoms with Crippen LogP contribution in [0.3, 0.4) is 0 Å². The summed E-state index contributed by atoms with van der Waals surface area (Å²) in [5.74, 6) is -0.00448.